The van der Waals surface area contributed by atoms with Crippen molar-refractivity contribution in [1.82, 2.24) is 4.98 Å². The Morgan fingerprint density at radius 2 is 1.96 bits per heavy atom. The number of carbonyl (C=O) groups is 1. The lowest BCUT2D eigenvalue weighted by molar-refractivity contribution is 0.0697. The zero-order chi connectivity index (χ0) is 17.0. The summed E-state index contributed by atoms with van der Waals surface area (Å²) >= 11 is 6.12. The van der Waals surface area contributed by atoms with E-state index >= 15 is 0 Å². The van der Waals surface area contributed by atoms with Crippen molar-refractivity contribution in [2.45, 2.75) is 33.3 Å². The Labute approximate surface area is 140 Å². The van der Waals surface area contributed by atoms with Crippen LogP contribution in [-0.2, 0) is 19.4 Å². The number of aliphatic hydroxyl groups excluding tert-OH is 1. The molecule has 0 atom stereocenters. The summed E-state index contributed by atoms with van der Waals surface area (Å²) in [4.78, 5) is 15.5. The van der Waals surface area contributed by atoms with Gasteiger partial charge in [-0.15, -0.1) is 0 Å². The average molecular weight is 335 g/mol. The molecule has 1 aromatic heterocycles. The Bertz CT molecular complexity index is 732. The van der Waals surface area contributed by atoms with E-state index in [1.807, 2.05) is 32.0 Å². The second-order valence-corrected chi connectivity index (χ2v) is 5.41. The number of nitrogens with zero attached hydrogens (tertiary/aromatic N) is 1. The largest absolute Gasteiger partial charge is 0.478 e. The van der Waals surface area contributed by atoms with Crippen LogP contribution in [0.1, 0.15) is 40.9 Å². The van der Waals surface area contributed by atoms with E-state index in [-0.39, 0.29) is 17.3 Å². The predicted molar refractivity (Wildman–Crippen MR) is 90.6 cm³/mol. The van der Waals surface area contributed by atoms with Crippen LogP contribution in [0.4, 0.5) is 11.4 Å². The molecule has 122 valence electrons. The third-order valence-electron chi connectivity index (χ3n) is 3.77. The number of anilines is 2. The molecule has 1 heterocycles. The van der Waals surface area contributed by atoms with Crippen molar-refractivity contribution in [3.8, 4) is 0 Å². The zero-order valence-corrected chi connectivity index (χ0v) is 13.8. The molecule has 0 aliphatic heterocycles. The molecule has 0 radical (unpaired) electrons. The SMILES string of the molecule is CCc1c(CO)cccc1Nc1c(C(=O)O)cnc(Cl)c1CC. The Kier molecular flexibility index (Phi) is 5.58. The summed E-state index contributed by atoms with van der Waals surface area (Å²) in [7, 11) is 0. The maximum Gasteiger partial charge on any atom is 0.339 e. The fourth-order valence-electron chi connectivity index (χ4n) is 2.61. The molecule has 0 amide bonds. The average Bonchev–Trinajstić information content (AvgIpc) is 2.54. The van der Waals surface area contributed by atoms with Crippen LogP contribution in [0.5, 0.6) is 0 Å². The zero-order valence-electron chi connectivity index (χ0n) is 13.1. The predicted octanol–water partition coefficient (Wildman–Crippen LogP) is 3.79. The summed E-state index contributed by atoms with van der Waals surface area (Å²) in [6.07, 6.45) is 2.52. The van der Waals surface area contributed by atoms with Gasteiger partial charge in [0.15, 0.2) is 0 Å². The van der Waals surface area contributed by atoms with E-state index in [0.29, 0.717) is 24.1 Å². The normalized spacial score (nSPS) is 10.6. The first kappa shape index (κ1) is 17.2. The highest BCUT2D eigenvalue weighted by molar-refractivity contribution is 6.30. The third kappa shape index (κ3) is 3.46. The van der Waals surface area contributed by atoms with Crippen molar-refractivity contribution in [2.24, 2.45) is 0 Å². The number of nitrogens with one attached hydrogen (secondary N) is 1. The molecule has 6 heteroatoms. The lowest BCUT2D eigenvalue weighted by atomic mass is 10.0. The van der Waals surface area contributed by atoms with Crippen molar-refractivity contribution >= 4 is 28.9 Å². The molecule has 0 spiro atoms. The Morgan fingerprint density at radius 3 is 2.52 bits per heavy atom. The van der Waals surface area contributed by atoms with E-state index in [1.54, 1.807) is 0 Å². The van der Waals surface area contributed by atoms with E-state index in [9.17, 15) is 15.0 Å². The molecular weight excluding hydrogens is 316 g/mol. The highest BCUT2D eigenvalue weighted by Gasteiger charge is 2.18. The van der Waals surface area contributed by atoms with Gasteiger partial charge in [0.2, 0.25) is 0 Å². The lowest BCUT2D eigenvalue weighted by Crippen LogP contribution is -2.09. The molecule has 0 fully saturated rings. The third-order valence-corrected chi connectivity index (χ3v) is 4.09. The number of carboxylic acid groups (broad SMARTS) is 1. The Balaban J connectivity index is 2.60. The van der Waals surface area contributed by atoms with Gasteiger partial charge in [-0.1, -0.05) is 37.6 Å². The molecule has 0 saturated heterocycles. The molecule has 2 rings (SSSR count). The second-order valence-electron chi connectivity index (χ2n) is 5.05. The van der Waals surface area contributed by atoms with Crippen molar-refractivity contribution in [2.75, 3.05) is 5.32 Å². The molecule has 5 nitrogen and oxygen atoms in total. The van der Waals surface area contributed by atoms with Gasteiger partial charge in [-0.05, 0) is 30.0 Å². The van der Waals surface area contributed by atoms with Gasteiger partial charge in [-0.3, -0.25) is 0 Å². The monoisotopic (exact) mass is 334 g/mol. The van der Waals surface area contributed by atoms with Crippen LogP contribution in [0, 0.1) is 0 Å². The summed E-state index contributed by atoms with van der Waals surface area (Å²) < 4.78 is 0. The minimum absolute atomic E-state index is 0.0672. The number of aromatic nitrogens is 1. The van der Waals surface area contributed by atoms with Crippen molar-refractivity contribution in [1.29, 1.82) is 0 Å². The number of carboxylic acids is 1. The number of pyridine rings is 1. The topological polar surface area (TPSA) is 82.5 Å². The van der Waals surface area contributed by atoms with Crippen molar-refractivity contribution in [3.05, 3.63) is 51.8 Å². The fraction of sp³-hybridized carbons (Fsp3) is 0.294. The van der Waals surface area contributed by atoms with Gasteiger partial charge in [0.25, 0.3) is 0 Å². The van der Waals surface area contributed by atoms with Gasteiger partial charge in [0.1, 0.15) is 10.7 Å². The van der Waals surface area contributed by atoms with Gasteiger partial charge in [-0.2, -0.15) is 0 Å². The molecule has 0 bridgehead atoms. The van der Waals surface area contributed by atoms with E-state index in [4.69, 9.17) is 11.6 Å². The summed E-state index contributed by atoms with van der Waals surface area (Å²) in [6.45, 7) is 3.81. The number of halogens is 1. The van der Waals surface area contributed by atoms with E-state index in [0.717, 1.165) is 16.8 Å². The van der Waals surface area contributed by atoms with Crippen molar-refractivity contribution in [3.63, 3.8) is 0 Å². The molecule has 23 heavy (non-hydrogen) atoms. The highest BCUT2D eigenvalue weighted by atomic mass is 35.5. The number of hydrogen-bond donors (Lipinski definition) is 3. The van der Waals surface area contributed by atoms with Gasteiger partial charge in [0, 0.05) is 17.4 Å². The fourth-order valence-corrected chi connectivity index (χ4v) is 2.89. The van der Waals surface area contributed by atoms with Gasteiger partial charge >= 0.3 is 5.97 Å². The molecular formula is C17H19ClN2O3. The number of benzene rings is 1. The summed E-state index contributed by atoms with van der Waals surface area (Å²) in [5.41, 5.74) is 3.70. The smallest absolute Gasteiger partial charge is 0.339 e. The van der Waals surface area contributed by atoms with Crippen LogP contribution in [-0.4, -0.2) is 21.2 Å². The number of hydrogen-bond acceptors (Lipinski definition) is 4. The summed E-state index contributed by atoms with van der Waals surface area (Å²) in [5.74, 6) is -1.07. The summed E-state index contributed by atoms with van der Waals surface area (Å²) in [5, 5.41) is 22.4. The van der Waals surface area contributed by atoms with Crippen LogP contribution < -0.4 is 5.32 Å². The maximum absolute atomic E-state index is 11.5. The quantitative estimate of drug-likeness (QED) is 0.700. The molecule has 3 N–H and O–H groups in total. The standard InChI is InChI=1S/C17H19ClN2O3/c1-3-11-10(9-21)6-5-7-14(11)20-15-12(4-2)16(18)19-8-13(15)17(22)23/h5-8,21H,3-4,9H2,1-2H3,(H,19,20)(H,22,23). The van der Waals surface area contributed by atoms with Crippen LogP contribution >= 0.6 is 11.6 Å². The number of aliphatic hydroxyl groups is 1. The van der Waals surface area contributed by atoms with Crippen LogP contribution in [0.15, 0.2) is 24.4 Å². The van der Waals surface area contributed by atoms with Crippen molar-refractivity contribution < 1.29 is 15.0 Å². The minimum atomic E-state index is -1.07. The van der Waals surface area contributed by atoms with Gasteiger partial charge in [0.05, 0.1) is 12.3 Å². The van der Waals surface area contributed by atoms with E-state index < -0.39 is 5.97 Å². The molecule has 0 aliphatic rings. The summed E-state index contributed by atoms with van der Waals surface area (Å²) in [6, 6.07) is 5.53. The van der Waals surface area contributed by atoms with Gasteiger partial charge < -0.3 is 15.5 Å². The number of aromatic carboxylic acids is 1. The number of rotatable bonds is 6. The van der Waals surface area contributed by atoms with E-state index in [1.165, 1.54) is 6.20 Å². The van der Waals surface area contributed by atoms with E-state index in [2.05, 4.69) is 10.3 Å². The highest BCUT2D eigenvalue weighted by Crippen LogP contribution is 2.32. The van der Waals surface area contributed by atoms with Crippen LogP contribution in [0.25, 0.3) is 0 Å². The minimum Gasteiger partial charge on any atom is -0.478 e. The van der Waals surface area contributed by atoms with Crippen LogP contribution in [0.2, 0.25) is 5.15 Å². The first-order valence-corrected chi connectivity index (χ1v) is 7.80. The lowest BCUT2D eigenvalue weighted by Gasteiger charge is -2.18. The first-order valence-electron chi connectivity index (χ1n) is 7.42. The molecule has 0 unspecified atom stereocenters. The Hall–Kier alpha value is -2.11. The molecule has 0 saturated carbocycles. The second kappa shape index (κ2) is 7.44. The molecule has 0 aliphatic carbocycles. The molecule has 1 aromatic carbocycles. The van der Waals surface area contributed by atoms with Gasteiger partial charge in [-0.25, -0.2) is 9.78 Å². The van der Waals surface area contributed by atoms with Crippen LogP contribution in [0.3, 0.4) is 0 Å². The Morgan fingerprint density at radius 1 is 1.26 bits per heavy atom. The first-order chi connectivity index (χ1) is 11.0. The maximum atomic E-state index is 11.5. The molecule has 2 aromatic rings.